The molecule has 0 atom stereocenters. The summed E-state index contributed by atoms with van der Waals surface area (Å²) in [4.78, 5) is 11.6. The average Bonchev–Trinajstić information content (AvgIpc) is 2.55. The molecule has 0 saturated carbocycles. The van der Waals surface area contributed by atoms with Crippen molar-refractivity contribution in [2.75, 3.05) is 6.61 Å². The molecule has 0 saturated heterocycles. The van der Waals surface area contributed by atoms with Gasteiger partial charge < -0.3 is 14.6 Å². The number of hydrogen-bond donors (Lipinski definition) is 2. The topological polar surface area (TPSA) is 80.2 Å². The van der Waals surface area contributed by atoms with E-state index in [2.05, 4.69) is 10.5 Å². The number of hydrazone groups is 1. The number of nitrogens with one attached hydrogen (secondary N) is 1. The molecule has 0 bridgehead atoms. The second-order valence-corrected chi connectivity index (χ2v) is 5.28. The number of hydrogen-bond acceptors (Lipinski definition) is 5. The molecule has 0 aliphatic carbocycles. The minimum absolute atomic E-state index is 0.0201. The Morgan fingerprint density at radius 3 is 2.62 bits per heavy atom. The second-order valence-electron chi connectivity index (χ2n) is 5.28. The summed E-state index contributed by atoms with van der Waals surface area (Å²) in [6.07, 6.45) is 1.38. The SMILES string of the molecule is CC(C)Oc1ccc(/C=N\NC(=O)COc2ccccc2)c(O)c1. The standard InChI is InChI=1S/C18H20N2O4/c1-13(2)24-16-9-8-14(17(21)10-16)11-19-20-18(22)12-23-15-6-4-3-5-7-15/h3-11,13,21H,12H2,1-2H3,(H,20,22)/b19-11-. The summed E-state index contributed by atoms with van der Waals surface area (Å²) < 4.78 is 10.8. The van der Waals surface area contributed by atoms with Gasteiger partial charge in [0, 0.05) is 11.6 Å². The number of phenolic OH excluding ortho intramolecular Hbond substituents is 1. The molecule has 24 heavy (non-hydrogen) atoms. The molecule has 2 N–H and O–H groups in total. The number of benzene rings is 2. The van der Waals surface area contributed by atoms with Crippen molar-refractivity contribution < 1.29 is 19.4 Å². The monoisotopic (exact) mass is 328 g/mol. The summed E-state index contributed by atoms with van der Waals surface area (Å²) >= 11 is 0. The Morgan fingerprint density at radius 1 is 1.21 bits per heavy atom. The van der Waals surface area contributed by atoms with Crippen molar-refractivity contribution in [2.24, 2.45) is 5.10 Å². The van der Waals surface area contributed by atoms with Crippen LogP contribution in [0.4, 0.5) is 0 Å². The first-order chi connectivity index (χ1) is 11.5. The number of para-hydroxylation sites is 1. The Balaban J connectivity index is 1.83. The normalized spacial score (nSPS) is 10.8. The average molecular weight is 328 g/mol. The van der Waals surface area contributed by atoms with Gasteiger partial charge >= 0.3 is 0 Å². The van der Waals surface area contributed by atoms with Gasteiger partial charge in [-0.2, -0.15) is 5.10 Å². The van der Waals surface area contributed by atoms with Crippen molar-refractivity contribution in [1.82, 2.24) is 5.43 Å². The van der Waals surface area contributed by atoms with E-state index in [0.29, 0.717) is 17.1 Å². The molecule has 126 valence electrons. The zero-order valence-corrected chi connectivity index (χ0v) is 13.6. The first-order valence-electron chi connectivity index (χ1n) is 7.54. The van der Waals surface area contributed by atoms with Crippen LogP contribution in [0, 0.1) is 0 Å². The van der Waals surface area contributed by atoms with Crippen LogP contribution in [0.5, 0.6) is 17.2 Å². The van der Waals surface area contributed by atoms with Crippen molar-refractivity contribution in [3.8, 4) is 17.2 Å². The zero-order valence-electron chi connectivity index (χ0n) is 13.6. The highest BCUT2D eigenvalue weighted by molar-refractivity contribution is 5.85. The van der Waals surface area contributed by atoms with Crippen LogP contribution < -0.4 is 14.9 Å². The number of carbonyl (C=O) groups excluding carboxylic acids is 1. The van der Waals surface area contributed by atoms with E-state index in [9.17, 15) is 9.90 Å². The Hall–Kier alpha value is -3.02. The fourth-order valence-corrected chi connectivity index (χ4v) is 1.85. The van der Waals surface area contributed by atoms with Gasteiger partial charge in [0.1, 0.15) is 17.2 Å². The summed E-state index contributed by atoms with van der Waals surface area (Å²) in [7, 11) is 0. The van der Waals surface area contributed by atoms with Crippen molar-refractivity contribution in [3.63, 3.8) is 0 Å². The number of aromatic hydroxyl groups is 1. The summed E-state index contributed by atoms with van der Waals surface area (Å²) in [5.41, 5.74) is 2.81. The molecule has 2 aromatic rings. The smallest absolute Gasteiger partial charge is 0.277 e. The highest BCUT2D eigenvalue weighted by Gasteiger charge is 2.04. The van der Waals surface area contributed by atoms with Crippen LogP contribution in [-0.4, -0.2) is 29.9 Å². The van der Waals surface area contributed by atoms with E-state index in [0.717, 1.165) is 0 Å². The maximum atomic E-state index is 11.6. The summed E-state index contributed by atoms with van der Waals surface area (Å²) in [6, 6.07) is 13.9. The molecule has 0 aliphatic rings. The Morgan fingerprint density at radius 2 is 1.96 bits per heavy atom. The van der Waals surface area contributed by atoms with Crippen molar-refractivity contribution in [3.05, 3.63) is 54.1 Å². The largest absolute Gasteiger partial charge is 0.507 e. The fourth-order valence-electron chi connectivity index (χ4n) is 1.85. The van der Waals surface area contributed by atoms with E-state index in [1.165, 1.54) is 12.3 Å². The van der Waals surface area contributed by atoms with E-state index >= 15 is 0 Å². The number of rotatable bonds is 7. The van der Waals surface area contributed by atoms with E-state index in [4.69, 9.17) is 9.47 Å². The molecule has 0 fully saturated rings. The molecule has 0 spiro atoms. The quantitative estimate of drug-likeness (QED) is 0.605. The van der Waals surface area contributed by atoms with Crippen LogP contribution in [0.1, 0.15) is 19.4 Å². The predicted molar refractivity (Wildman–Crippen MR) is 91.5 cm³/mol. The van der Waals surface area contributed by atoms with Crippen LogP contribution in [0.15, 0.2) is 53.6 Å². The van der Waals surface area contributed by atoms with E-state index in [-0.39, 0.29) is 18.5 Å². The second kappa shape index (κ2) is 8.57. The molecule has 2 aromatic carbocycles. The molecule has 6 heteroatoms. The Labute approximate surface area is 140 Å². The Kier molecular flexibility index (Phi) is 6.19. The number of carbonyl (C=O) groups is 1. The maximum Gasteiger partial charge on any atom is 0.277 e. The Bertz CT molecular complexity index is 699. The molecular formula is C18H20N2O4. The number of nitrogens with zero attached hydrogens (tertiary/aromatic N) is 1. The highest BCUT2D eigenvalue weighted by atomic mass is 16.5. The van der Waals surface area contributed by atoms with Gasteiger partial charge in [0.25, 0.3) is 5.91 Å². The van der Waals surface area contributed by atoms with Crippen LogP contribution >= 0.6 is 0 Å². The van der Waals surface area contributed by atoms with Gasteiger partial charge in [0.2, 0.25) is 0 Å². The number of phenols is 1. The van der Waals surface area contributed by atoms with E-state index < -0.39 is 5.91 Å². The molecule has 0 unspecified atom stereocenters. The summed E-state index contributed by atoms with van der Waals surface area (Å²) in [5.74, 6) is 0.802. The van der Waals surface area contributed by atoms with Gasteiger partial charge in [-0.15, -0.1) is 0 Å². The van der Waals surface area contributed by atoms with Gasteiger partial charge in [-0.05, 0) is 38.1 Å². The van der Waals surface area contributed by atoms with Crippen molar-refractivity contribution in [2.45, 2.75) is 20.0 Å². The van der Waals surface area contributed by atoms with Crippen LogP contribution in [0.25, 0.3) is 0 Å². The third-order valence-electron chi connectivity index (χ3n) is 2.88. The minimum Gasteiger partial charge on any atom is -0.507 e. The zero-order chi connectivity index (χ0) is 17.4. The maximum absolute atomic E-state index is 11.6. The lowest BCUT2D eigenvalue weighted by atomic mass is 10.2. The molecule has 1 amide bonds. The molecular weight excluding hydrogens is 308 g/mol. The molecule has 2 rings (SSSR count). The van der Waals surface area contributed by atoms with Crippen LogP contribution in [0.2, 0.25) is 0 Å². The fraction of sp³-hybridized carbons (Fsp3) is 0.222. The van der Waals surface area contributed by atoms with Gasteiger partial charge in [0.05, 0.1) is 12.3 Å². The first-order valence-corrected chi connectivity index (χ1v) is 7.54. The first kappa shape index (κ1) is 17.3. The molecule has 6 nitrogen and oxygen atoms in total. The predicted octanol–water partition coefficient (Wildman–Crippen LogP) is 2.71. The lowest BCUT2D eigenvalue weighted by Gasteiger charge is -2.10. The van der Waals surface area contributed by atoms with Gasteiger partial charge in [-0.25, -0.2) is 5.43 Å². The third kappa shape index (κ3) is 5.64. The van der Waals surface area contributed by atoms with Crippen LogP contribution in [0.3, 0.4) is 0 Å². The highest BCUT2D eigenvalue weighted by Crippen LogP contribution is 2.23. The van der Waals surface area contributed by atoms with Gasteiger partial charge in [-0.3, -0.25) is 4.79 Å². The van der Waals surface area contributed by atoms with Gasteiger partial charge in [0.15, 0.2) is 6.61 Å². The molecule has 0 aromatic heterocycles. The third-order valence-corrected chi connectivity index (χ3v) is 2.88. The van der Waals surface area contributed by atoms with E-state index in [1.807, 2.05) is 32.0 Å². The lowest BCUT2D eigenvalue weighted by molar-refractivity contribution is -0.123. The summed E-state index contributed by atoms with van der Waals surface area (Å²) in [6.45, 7) is 3.66. The van der Waals surface area contributed by atoms with E-state index in [1.54, 1.807) is 24.3 Å². The van der Waals surface area contributed by atoms with Gasteiger partial charge in [-0.1, -0.05) is 18.2 Å². The van der Waals surface area contributed by atoms with Crippen LogP contribution in [-0.2, 0) is 4.79 Å². The minimum atomic E-state index is -0.394. The molecule has 0 radical (unpaired) electrons. The van der Waals surface area contributed by atoms with Crippen molar-refractivity contribution in [1.29, 1.82) is 0 Å². The molecule has 0 aliphatic heterocycles. The summed E-state index contributed by atoms with van der Waals surface area (Å²) in [5, 5.41) is 13.7. The van der Waals surface area contributed by atoms with Crippen molar-refractivity contribution >= 4 is 12.1 Å². The molecule has 0 heterocycles. The number of ether oxygens (including phenoxy) is 2. The number of amides is 1. The lowest BCUT2D eigenvalue weighted by Crippen LogP contribution is -2.24.